The molecular weight excluding hydrogens is 304 g/mol. The molecule has 0 aliphatic carbocycles. The molecule has 0 aromatic carbocycles. The molecule has 0 saturated heterocycles. The normalized spacial score (nSPS) is 12.2. The molecule has 0 saturated carbocycles. The standard InChI is InChI=1S/C17H22N6O/c1-3-6-12(2)20-16-14(9-19-17(18)22-16)24-11-13-10-23-8-5-4-7-15(23)21-13/h4-5,7-10,12H,3,6,11H2,1-2H3,(H3,18,19,20,22)/t12-/m1/s1. The molecule has 7 nitrogen and oxygen atoms in total. The van der Waals surface area contributed by atoms with Gasteiger partial charge in [-0.15, -0.1) is 0 Å². The van der Waals surface area contributed by atoms with Crippen molar-refractivity contribution < 1.29 is 4.74 Å². The molecule has 3 aromatic heterocycles. The van der Waals surface area contributed by atoms with Gasteiger partial charge in [0.2, 0.25) is 5.95 Å². The summed E-state index contributed by atoms with van der Waals surface area (Å²) in [4.78, 5) is 12.8. The Hall–Kier alpha value is -2.83. The predicted octanol–water partition coefficient (Wildman–Crippen LogP) is 2.89. The lowest BCUT2D eigenvalue weighted by Gasteiger charge is -2.16. The van der Waals surface area contributed by atoms with Gasteiger partial charge in [0.15, 0.2) is 11.6 Å². The third-order valence-electron chi connectivity index (χ3n) is 3.67. The van der Waals surface area contributed by atoms with Gasteiger partial charge in [0, 0.05) is 18.4 Å². The molecule has 126 valence electrons. The molecule has 3 heterocycles. The van der Waals surface area contributed by atoms with E-state index in [9.17, 15) is 0 Å². The van der Waals surface area contributed by atoms with Crippen LogP contribution in [0.1, 0.15) is 32.4 Å². The fourth-order valence-corrected chi connectivity index (χ4v) is 2.54. The molecule has 3 aromatic rings. The Morgan fingerprint density at radius 3 is 3.00 bits per heavy atom. The second kappa shape index (κ2) is 7.16. The molecule has 3 N–H and O–H groups in total. The van der Waals surface area contributed by atoms with Crippen molar-refractivity contribution in [1.82, 2.24) is 19.4 Å². The van der Waals surface area contributed by atoms with Crippen LogP contribution in [0.25, 0.3) is 5.65 Å². The zero-order valence-corrected chi connectivity index (χ0v) is 13.9. The molecule has 0 amide bonds. The van der Waals surface area contributed by atoms with Crippen molar-refractivity contribution in [3.05, 3.63) is 42.5 Å². The second-order valence-corrected chi connectivity index (χ2v) is 5.76. The Morgan fingerprint density at radius 2 is 2.21 bits per heavy atom. The van der Waals surface area contributed by atoms with Crippen LogP contribution in [0.4, 0.5) is 11.8 Å². The average molecular weight is 326 g/mol. The number of pyridine rings is 1. The molecule has 7 heteroatoms. The number of fused-ring (bicyclic) bond motifs is 1. The van der Waals surface area contributed by atoms with Crippen LogP contribution in [0, 0.1) is 0 Å². The molecule has 1 atom stereocenters. The lowest BCUT2D eigenvalue weighted by molar-refractivity contribution is 0.301. The first-order chi connectivity index (χ1) is 11.7. The van der Waals surface area contributed by atoms with Crippen LogP contribution >= 0.6 is 0 Å². The predicted molar refractivity (Wildman–Crippen MR) is 94.0 cm³/mol. The summed E-state index contributed by atoms with van der Waals surface area (Å²) in [5.41, 5.74) is 7.43. The summed E-state index contributed by atoms with van der Waals surface area (Å²) >= 11 is 0. The van der Waals surface area contributed by atoms with E-state index in [0.717, 1.165) is 24.2 Å². The van der Waals surface area contributed by atoms with E-state index in [1.54, 1.807) is 6.20 Å². The maximum atomic E-state index is 5.87. The van der Waals surface area contributed by atoms with E-state index in [2.05, 4.69) is 34.1 Å². The number of aromatic nitrogens is 4. The highest BCUT2D eigenvalue weighted by molar-refractivity contribution is 5.51. The number of hydrogen-bond donors (Lipinski definition) is 2. The average Bonchev–Trinajstić information content (AvgIpc) is 2.97. The van der Waals surface area contributed by atoms with Gasteiger partial charge in [0.1, 0.15) is 12.3 Å². The van der Waals surface area contributed by atoms with Crippen LogP contribution in [-0.2, 0) is 6.61 Å². The van der Waals surface area contributed by atoms with Crippen molar-refractivity contribution in [1.29, 1.82) is 0 Å². The number of nitrogens with zero attached hydrogens (tertiary/aromatic N) is 4. The van der Waals surface area contributed by atoms with Crippen molar-refractivity contribution >= 4 is 17.4 Å². The number of nitrogens with one attached hydrogen (secondary N) is 1. The number of nitrogen functional groups attached to an aromatic ring is 1. The Labute approximate surface area is 140 Å². The van der Waals surface area contributed by atoms with Crippen molar-refractivity contribution in [3.8, 4) is 5.75 Å². The maximum Gasteiger partial charge on any atom is 0.222 e. The zero-order chi connectivity index (χ0) is 16.9. The van der Waals surface area contributed by atoms with Crippen LogP contribution < -0.4 is 15.8 Å². The minimum Gasteiger partial charge on any atom is -0.482 e. The Kier molecular flexibility index (Phi) is 4.79. The first-order valence-corrected chi connectivity index (χ1v) is 8.10. The molecule has 0 fully saturated rings. The molecule has 3 rings (SSSR count). The molecule has 0 aliphatic heterocycles. The van der Waals surface area contributed by atoms with Gasteiger partial charge >= 0.3 is 0 Å². The van der Waals surface area contributed by atoms with Gasteiger partial charge in [-0.2, -0.15) is 4.98 Å². The van der Waals surface area contributed by atoms with Crippen LogP contribution in [0.15, 0.2) is 36.8 Å². The largest absolute Gasteiger partial charge is 0.482 e. The van der Waals surface area contributed by atoms with Crippen LogP contribution in [0.5, 0.6) is 5.75 Å². The Bertz CT molecular complexity index is 783. The first kappa shape index (κ1) is 16.0. The summed E-state index contributed by atoms with van der Waals surface area (Å²) in [6, 6.07) is 6.15. The van der Waals surface area contributed by atoms with Crippen molar-refractivity contribution in [3.63, 3.8) is 0 Å². The number of hydrogen-bond acceptors (Lipinski definition) is 6. The molecule has 0 bridgehead atoms. The van der Waals surface area contributed by atoms with Crippen molar-refractivity contribution in [2.45, 2.75) is 39.3 Å². The van der Waals surface area contributed by atoms with Crippen molar-refractivity contribution in [2.24, 2.45) is 0 Å². The van der Waals surface area contributed by atoms with E-state index in [0.29, 0.717) is 18.2 Å². The lowest BCUT2D eigenvalue weighted by atomic mass is 10.2. The topological polar surface area (TPSA) is 90.4 Å². The van der Waals surface area contributed by atoms with Gasteiger partial charge in [-0.3, -0.25) is 0 Å². The van der Waals surface area contributed by atoms with Crippen LogP contribution in [-0.4, -0.2) is 25.4 Å². The monoisotopic (exact) mass is 326 g/mol. The van der Waals surface area contributed by atoms with E-state index in [4.69, 9.17) is 10.5 Å². The van der Waals surface area contributed by atoms with E-state index in [1.165, 1.54) is 0 Å². The zero-order valence-electron chi connectivity index (χ0n) is 13.9. The number of anilines is 2. The van der Waals surface area contributed by atoms with Gasteiger partial charge in [0.05, 0.1) is 11.9 Å². The summed E-state index contributed by atoms with van der Waals surface area (Å²) in [5, 5.41) is 3.33. The quantitative estimate of drug-likeness (QED) is 0.694. The van der Waals surface area contributed by atoms with E-state index in [1.807, 2.05) is 35.0 Å². The van der Waals surface area contributed by atoms with Crippen molar-refractivity contribution in [2.75, 3.05) is 11.1 Å². The number of nitrogens with two attached hydrogens (primary N) is 1. The van der Waals surface area contributed by atoms with Gasteiger partial charge in [-0.25, -0.2) is 9.97 Å². The molecule has 0 radical (unpaired) electrons. The Balaban J connectivity index is 1.74. The SMILES string of the molecule is CCC[C@@H](C)Nc1nc(N)ncc1OCc1cn2ccccc2n1. The summed E-state index contributed by atoms with van der Waals surface area (Å²) in [6.07, 6.45) is 7.62. The molecule has 0 aliphatic rings. The fourth-order valence-electron chi connectivity index (χ4n) is 2.54. The molecule has 24 heavy (non-hydrogen) atoms. The first-order valence-electron chi connectivity index (χ1n) is 8.10. The van der Waals surface area contributed by atoms with Gasteiger partial charge in [-0.1, -0.05) is 19.4 Å². The Morgan fingerprint density at radius 1 is 1.33 bits per heavy atom. The van der Waals surface area contributed by atoms with Crippen LogP contribution in [0.3, 0.4) is 0 Å². The third kappa shape index (κ3) is 3.73. The summed E-state index contributed by atoms with van der Waals surface area (Å²) in [6.45, 7) is 4.59. The minimum absolute atomic E-state index is 0.223. The minimum atomic E-state index is 0.223. The fraction of sp³-hybridized carbons (Fsp3) is 0.353. The summed E-state index contributed by atoms with van der Waals surface area (Å²) in [7, 11) is 0. The lowest BCUT2D eigenvalue weighted by Crippen LogP contribution is -2.17. The second-order valence-electron chi connectivity index (χ2n) is 5.76. The van der Waals surface area contributed by atoms with Gasteiger partial charge in [-0.05, 0) is 25.5 Å². The van der Waals surface area contributed by atoms with E-state index < -0.39 is 0 Å². The maximum absolute atomic E-state index is 5.87. The summed E-state index contributed by atoms with van der Waals surface area (Å²) in [5.74, 6) is 1.41. The number of ether oxygens (including phenoxy) is 1. The third-order valence-corrected chi connectivity index (χ3v) is 3.67. The number of imidazole rings is 1. The molecule has 0 unspecified atom stereocenters. The van der Waals surface area contributed by atoms with E-state index in [-0.39, 0.29) is 12.0 Å². The van der Waals surface area contributed by atoms with Gasteiger partial charge in [0.25, 0.3) is 0 Å². The smallest absolute Gasteiger partial charge is 0.222 e. The summed E-state index contributed by atoms with van der Waals surface area (Å²) < 4.78 is 7.83. The molecule has 0 spiro atoms. The highest BCUT2D eigenvalue weighted by atomic mass is 16.5. The van der Waals surface area contributed by atoms with E-state index >= 15 is 0 Å². The highest BCUT2D eigenvalue weighted by Crippen LogP contribution is 2.24. The van der Waals surface area contributed by atoms with Crippen LogP contribution in [0.2, 0.25) is 0 Å². The highest BCUT2D eigenvalue weighted by Gasteiger charge is 2.11. The van der Waals surface area contributed by atoms with Gasteiger partial charge < -0.3 is 20.2 Å². The molecular formula is C17H22N6O. The number of rotatable bonds is 7.